The average molecular weight is 390 g/mol. The van der Waals surface area contributed by atoms with Crippen LogP contribution in [0.25, 0.3) is 5.70 Å². The molecule has 16 heavy (non-hydrogen) atoms. The van der Waals surface area contributed by atoms with Gasteiger partial charge < -0.3 is 0 Å². The number of aromatic nitrogens is 2. The first-order chi connectivity index (χ1) is 7.18. The molecule has 0 spiro atoms. The van der Waals surface area contributed by atoms with E-state index in [9.17, 15) is 0 Å². The summed E-state index contributed by atoms with van der Waals surface area (Å²) in [6.45, 7) is 8.07. The van der Waals surface area contributed by atoms with Gasteiger partial charge in [0.1, 0.15) is 12.4 Å². The normalized spacial score (nSPS) is 9.56. The molecule has 0 aliphatic heterocycles. The Morgan fingerprint density at radius 3 is 2.56 bits per heavy atom. The third-order valence-corrected chi connectivity index (χ3v) is 2.41. The van der Waals surface area contributed by atoms with Crippen LogP contribution in [0.3, 0.4) is 0 Å². The van der Waals surface area contributed by atoms with E-state index in [2.05, 4.69) is 13.5 Å². The van der Waals surface area contributed by atoms with Crippen molar-refractivity contribution in [1.29, 1.82) is 0 Å². The molecule has 0 atom stereocenters. The molecule has 0 aliphatic carbocycles. The number of benzene rings is 1. The van der Waals surface area contributed by atoms with E-state index < -0.39 is 0 Å². The van der Waals surface area contributed by atoms with Gasteiger partial charge in [-0.05, 0) is 6.58 Å². The average Bonchev–Trinajstić information content (AvgIpc) is 2.65. The van der Waals surface area contributed by atoms with E-state index in [0.717, 1.165) is 16.8 Å². The van der Waals surface area contributed by atoms with Gasteiger partial charge in [-0.15, -0.1) is 6.07 Å². The Morgan fingerprint density at radius 1 is 1.31 bits per heavy atom. The largest absolute Gasteiger partial charge is 0.255 e. The molecule has 2 aromatic rings. The minimum Gasteiger partial charge on any atom is -0.255 e. The second kappa shape index (κ2) is 5.15. The third kappa shape index (κ3) is 2.43. The van der Waals surface area contributed by atoms with Crippen LogP contribution < -0.4 is 0 Å². The van der Waals surface area contributed by atoms with Crippen LogP contribution in [0.2, 0.25) is 0 Å². The second-order valence-electron chi connectivity index (χ2n) is 3.59. The van der Waals surface area contributed by atoms with E-state index in [1.54, 1.807) is 0 Å². The number of imidazole rings is 1. The maximum Gasteiger partial charge on any atom is 0.164 e. The van der Waals surface area contributed by atoms with E-state index in [0.29, 0.717) is 0 Å². The van der Waals surface area contributed by atoms with Gasteiger partial charge in [-0.3, -0.25) is 4.57 Å². The summed E-state index contributed by atoms with van der Waals surface area (Å²) in [6.07, 6.45) is 5.94. The minimum absolute atomic E-state index is 0. The molecule has 0 saturated heterocycles. The van der Waals surface area contributed by atoms with E-state index in [1.165, 1.54) is 0 Å². The smallest absolute Gasteiger partial charge is 0.164 e. The van der Waals surface area contributed by atoms with Crippen molar-refractivity contribution < 1.29 is 20.1 Å². The Kier molecular flexibility index (Phi) is 4.11. The summed E-state index contributed by atoms with van der Waals surface area (Å²) in [7, 11) is 1.99. The fourth-order valence-electron chi connectivity index (χ4n) is 1.55. The van der Waals surface area contributed by atoms with Gasteiger partial charge in [-0.1, -0.05) is 17.7 Å². The van der Waals surface area contributed by atoms with Crippen molar-refractivity contribution in [2.45, 2.75) is 0 Å². The van der Waals surface area contributed by atoms with Crippen LogP contribution >= 0.6 is 0 Å². The zero-order valence-electron chi connectivity index (χ0n) is 9.18. The fourth-order valence-corrected chi connectivity index (χ4v) is 1.55. The van der Waals surface area contributed by atoms with Gasteiger partial charge in [-0.2, -0.15) is 23.1 Å². The van der Waals surface area contributed by atoms with E-state index in [4.69, 9.17) is 0 Å². The van der Waals surface area contributed by atoms with Crippen LogP contribution in [0, 0.1) is 6.92 Å². The van der Waals surface area contributed by atoms with Crippen molar-refractivity contribution in [3.63, 3.8) is 0 Å². The van der Waals surface area contributed by atoms with Crippen molar-refractivity contribution in [3.05, 3.63) is 67.6 Å². The fraction of sp³-hybridized carbons (Fsp3) is 0.0769. The van der Waals surface area contributed by atoms with Crippen LogP contribution in [0.5, 0.6) is 0 Å². The Balaban J connectivity index is 0.00000128. The molecule has 1 aromatic carbocycles. The predicted molar refractivity (Wildman–Crippen MR) is 63.1 cm³/mol. The number of hydrogen-bond donors (Lipinski definition) is 0. The van der Waals surface area contributed by atoms with E-state index >= 15 is 0 Å². The number of rotatable bonds is 2. The van der Waals surface area contributed by atoms with Gasteiger partial charge in [0.05, 0.1) is 5.70 Å². The molecule has 1 radical (unpaired) electrons. The molecular formula is C13H14IrN2. The van der Waals surface area contributed by atoms with Crippen molar-refractivity contribution in [2.24, 2.45) is 7.05 Å². The Bertz CT molecular complexity index is 500. The zero-order chi connectivity index (χ0) is 10.8. The maximum absolute atomic E-state index is 4.08. The summed E-state index contributed by atoms with van der Waals surface area (Å²) in [5.41, 5.74) is 3.02. The molecule has 0 bridgehead atoms. The van der Waals surface area contributed by atoms with Crippen LogP contribution in [-0.2, 0) is 27.2 Å². The van der Waals surface area contributed by atoms with Crippen molar-refractivity contribution in [2.75, 3.05) is 0 Å². The first-order valence-electron chi connectivity index (χ1n) is 4.82. The second-order valence-corrected chi connectivity index (χ2v) is 3.59. The molecule has 1 heterocycles. The number of aryl methyl sites for hydroxylation is 1. The molecule has 3 heteroatoms. The zero-order valence-corrected chi connectivity index (χ0v) is 11.6. The summed E-state index contributed by atoms with van der Waals surface area (Å²) < 4.78 is 3.97. The van der Waals surface area contributed by atoms with Gasteiger partial charge in [0.25, 0.3) is 0 Å². The minimum atomic E-state index is 0. The van der Waals surface area contributed by atoms with Crippen molar-refractivity contribution >= 4 is 5.70 Å². The molecule has 0 N–H and O–H groups in total. The van der Waals surface area contributed by atoms with Gasteiger partial charge in [0.2, 0.25) is 0 Å². The molecule has 2 nitrogen and oxygen atoms in total. The first-order valence-corrected chi connectivity index (χ1v) is 4.82. The van der Waals surface area contributed by atoms with Crippen LogP contribution in [0.1, 0.15) is 11.1 Å². The SMILES string of the molecule is C=C(c1ccccc1[CH2-])n1ccn(C)[cH+]1.[Ir]. The van der Waals surface area contributed by atoms with Crippen LogP contribution in [0.15, 0.2) is 49.6 Å². The Labute approximate surface area is 110 Å². The molecule has 0 aliphatic rings. The predicted octanol–water partition coefficient (Wildman–Crippen LogP) is 2.81. The standard InChI is InChI=1S/C13H14N2.Ir/c1-11-6-4-5-7-13(11)12(2)15-9-8-14(3)10-15;/h4-10H,1-2H2,3H3;. The summed E-state index contributed by atoms with van der Waals surface area (Å²) in [5, 5.41) is 0. The molecular weight excluding hydrogens is 376 g/mol. The number of hydrogen-bond acceptors (Lipinski definition) is 0. The Hall–Kier alpha value is -1.31. The van der Waals surface area contributed by atoms with Gasteiger partial charge in [-0.25, -0.2) is 0 Å². The summed E-state index contributed by atoms with van der Waals surface area (Å²) in [5.74, 6) is 0. The number of nitrogens with zero attached hydrogens (tertiary/aromatic N) is 2. The summed E-state index contributed by atoms with van der Waals surface area (Å²) >= 11 is 0. The van der Waals surface area contributed by atoms with Gasteiger partial charge in [0.15, 0.2) is 6.33 Å². The van der Waals surface area contributed by atoms with E-state index in [-0.39, 0.29) is 20.1 Å². The van der Waals surface area contributed by atoms with Crippen LogP contribution in [-0.4, -0.2) is 9.13 Å². The molecule has 2 rings (SSSR count). The molecule has 0 amide bonds. The van der Waals surface area contributed by atoms with Crippen LogP contribution in [0.4, 0.5) is 0 Å². The molecule has 85 valence electrons. The molecule has 0 unspecified atom stereocenters. The third-order valence-electron chi connectivity index (χ3n) is 2.41. The summed E-state index contributed by atoms with van der Waals surface area (Å²) in [4.78, 5) is 0. The monoisotopic (exact) mass is 391 g/mol. The first kappa shape index (κ1) is 12.8. The molecule has 0 fully saturated rings. The van der Waals surface area contributed by atoms with Gasteiger partial charge >= 0.3 is 0 Å². The van der Waals surface area contributed by atoms with Crippen molar-refractivity contribution in [3.8, 4) is 0 Å². The topological polar surface area (TPSA) is 9.86 Å². The summed E-state index contributed by atoms with van der Waals surface area (Å²) in [6, 6.07) is 8.00. The molecule has 0 saturated carbocycles. The Morgan fingerprint density at radius 2 is 2.00 bits per heavy atom. The molecule has 1 aromatic heterocycles. The van der Waals surface area contributed by atoms with E-state index in [1.807, 2.05) is 59.2 Å². The quantitative estimate of drug-likeness (QED) is 0.698. The van der Waals surface area contributed by atoms with Crippen molar-refractivity contribution in [1.82, 2.24) is 9.13 Å². The maximum atomic E-state index is 4.08. The van der Waals surface area contributed by atoms with Gasteiger partial charge in [0, 0.05) is 27.2 Å².